The Hall–Kier alpha value is -2.17. The summed E-state index contributed by atoms with van der Waals surface area (Å²) in [6.45, 7) is 2.46. The van der Waals surface area contributed by atoms with Crippen LogP contribution in [0.15, 0.2) is 24.3 Å². The number of hydrogen-bond acceptors (Lipinski definition) is 4. The van der Waals surface area contributed by atoms with Crippen LogP contribution in [-0.2, 0) is 14.3 Å². The van der Waals surface area contributed by atoms with Crippen LogP contribution in [0.2, 0.25) is 0 Å². The number of ketones is 1. The van der Waals surface area contributed by atoms with Gasteiger partial charge in [0.05, 0.1) is 0 Å². The maximum Gasteiger partial charge on any atom is 0.344 e. The van der Waals surface area contributed by atoms with Gasteiger partial charge in [0.2, 0.25) is 0 Å². The molecule has 3 rings (SSSR count). The zero-order valence-electron chi connectivity index (χ0n) is 9.47. The van der Waals surface area contributed by atoms with Crippen LogP contribution in [-0.4, -0.2) is 28.9 Å². The highest BCUT2D eigenvalue weighted by Crippen LogP contribution is 2.19. The fourth-order valence-corrected chi connectivity index (χ4v) is 1.19. The predicted molar refractivity (Wildman–Crippen MR) is 58.7 cm³/mol. The summed E-state index contributed by atoms with van der Waals surface area (Å²) in [5.74, 6) is -1.51. The molecule has 2 bridgehead atoms. The first kappa shape index (κ1) is 12.9. The van der Waals surface area contributed by atoms with E-state index >= 15 is 0 Å². The Balaban J connectivity index is 0.000000170. The zero-order valence-corrected chi connectivity index (χ0v) is 9.47. The molecule has 0 saturated heterocycles. The molecule has 1 unspecified atom stereocenters. The van der Waals surface area contributed by atoms with Gasteiger partial charge in [0, 0.05) is 18.1 Å². The molecular weight excluding hydrogens is 224 g/mol. The summed E-state index contributed by atoms with van der Waals surface area (Å²) in [4.78, 5) is 30.7. The van der Waals surface area contributed by atoms with Crippen LogP contribution in [0.5, 0.6) is 0 Å². The Morgan fingerprint density at radius 1 is 1.29 bits per heavy atom. The highest BCUT2D eigenvalue weighted by molar-refractivity contribution is 6.16. The van der Waals surface area contributed by atoms with Crippen LogP contribution in [0, 0.1) is 0 Å². The highest BCUT2D eigenvalue weighted by atomic mass is 16.6. The van der Waals surface area contributed by atoms with Gasteiger partial charge in [0.15, 0.2) is 11.9 Å². The minimum Gasteiger partial charge on any atom is -0.479 e. The van der Waals surface area contributed by atoms with E-state index in [1.54, 1.807) is 0 Å². The lowest BCUT2D eigenvalue weighted by atomic mass is 9.92. The molecule has 1 N–H and O–H groups in total. The molecule has 1 aromatic rings. The molecule has 1 aromatic carbocycles. The number of carbonyl (C=O) groups is 3. The summed E-state index contributed by atoms with van der Waals surface area (Å²) in [6.07, 6.45) is -1.04. The van der Waals surface area contributed by atoms with Gasteiger partial charge in [0.25, 0.3) is 0 Å². The predicted octanol–water partition coefficient (Wildman–Crippen LogP) is 1.25. The van der Waals surface area contributed by atoms with E-state index in [4.69, 9.17) is 5.11 Å². The Morgan fingerprint density at radius 2 is 1.82 bits per heavy atom. The lowest BCUT2D eigenvalue weighted by Crippen LogP contribution is -2.21. The van der Waals surface area contributed by atoms with Gasteiger partial charge >= 0.3 is 11.9 Å². The first-order chi connectivity index (χ1) is 7.91. The summed E-state index contributed by atoms with van der Waals surface area (Å²) in [7, 11) is 0. The number of esters is 1. The third-order valence-corrected chi connectivity index (χ3v) is 2.08. The van der Waals surface area contributed by atoms with Crippen molar-refractivity contribution < 1.29 is 24.2 Å². The van der Waals surface area contributed by atoms with Crippen LogP contribution >= 0.6 is 0 Å². The standard InChI is InChI=1S/C7H4O.C5H8O4/c8-7-5-2-1-3-6(7)4-5;1-3(5(7)8)9-4(2)6/h1-4H;3H,1-2H3,(H,7,8). The fourth-order valence-electron chi connectivity index (χ4n) is 1.19. The number of carboxylic acids is 1. The van der Waals surface area contributed by atoms with Crippen molar-refractivity contribution in [2.45, 2.75) is 20.0 Å². The first-order valence-electron chi connectivity index (χ1n) is 4.96. The Kier molecular flexibility index (Phi) is 3.98. The maximum absolute atomic E-state index is 10.7. The highest BCUT2D eigenvalue weighted by Gasteiger charge is 2.17. The van der Waals surface area contributed by atoms with Crippen molar-refractivity contribution in [1.82, 2.24) is 0 Å². The molecule has 2 aliphatic rings. The quantitative estimate of drug-likeness (QED) is 0.794. The topological polar surface area (TPSA) is 80.7 Å². The fraction of sp³-hybridized carbons (Fsp3) is 0.250. The number of ether oxygens (including phenoxy) is 1. The Labute approximate surface area is 98.0 Å². The van der Waals surface area contributed by atoms with E-state index in [2.05, 4.69) is 4.74 Å². The molecule has 5 heteroatoms. The SMILES string of the molecule is CC(=O)OC(C)C(=O)O.O=C1c2cccc1c2. The molecule has 0 heterocycles. The van der Waals surface area contributed by atoms with Gasteiger partial charge in [-0.15, -0.1) is 0 Å². The molecule has 0 aliphatic heterocycles. The van der Waals surface area contributed by atoms with Gasteiger partial charge in [-0.2, -0.15) is 0 Å². The van der Waals surface area contributed by atoms with E-state index in [1.807, 2.05) is 24.3 Å². The molecule has 2 aliphatic carbocycles. The second-order valence-corrected chi connectivity index (χ2v) is 3.50. The number of fused-ring (bicyclic) bond motifs is 2. The lowest BCUT2D eigenvalue weighted by molar-refractivity contribution is -0.161. The van der Waals surface area contributed by atoms with Crippen LogP contribution in [0.4, 0.5) is 0 Å². The smallest absolute Gasteiger partial charge is 0.344 e. The molecule has 0 radical (unpaired) electrons. The number of benzene rings is 1. The molecule has 0 saturated carbocycles. The molecule has 0 amide bonds. The molecule has 17 heavy (non-hydrogen) atoms. The van der Waals surface area contributed by atoms with E-state index in [1.165, 1.54) is 13.8 Å². The van der Waals surface area contributed by atoms with Gasteiger partial charge in [-0.1, -0.05) is 18.2 Å². The second-order valence-electron chi connectivity index (χ2n) is 3.50. The summed E-state index contributed by atoms with van der Waals surface area (Å²) >= 11 is 0. The van der Waals surface area contributed by atoms with Crippen LogP contribution in [0.3, 0.4) is 0 Å². The van der Waals surface area contributed by atoms with Gasteiger partial charge in [-0.3, -0.25) is 9.59 Å². The first-order valence-corrected chi connectivity index (χ1v) is 4.96. The van der Waals surface area contributed by atoms with Crippen molar-refractivity contribution in [2.75, 3.05) is 0 Å². The molecule has 1 atom stereocenters. The number of hydrogen-bond donors (Lipinski definition) is 1. The molecule has 0 aromatic heterocycles. The zero-order chi connectivity index (χ0) is 13.0. The van der Waals surface area contributed by atoms with Crippen molar-refractivity contribution >= 4 is 17.7 Å². The monoisotopic (exact) mass is 236 g/mol. The largest absolute Gasteiger partial charge is 0.479 e. The third-order valence-electron chi connectivity index (χ3n) is 2.08. The number of aliphatic carboxylic acids is 1. The maximum atomic E-state index is 10.7. The molecule has 5 nitrogen and oxygen atoms in total. The summed E-state index contributed by atoms with van der Waals surface area (Å²) in [5, 5.41) is 8.15. The number of rotatable bonds is 2. The molecular formula is C12H12O5. The van der Waals surface area contributed by atoms with Gasteiger partial charge in [-0.05, 0) is 13.0 Å². The normalized spacial score (nSPS) is 12.7. The molecule has 0 fully saturated rings. The van der Waals surface area contributed by atoms with Crippen LogP contribution in [0.1, 0.15) is 29.8 Å². The van der Waals surface area contributed by atoms with E-state index in [0.717, 1.165) is 11.1 Å². The van der Waals surface area contributed by atoms with Crippen molar-refractivity contribution in [3.8, 4) is 0 Å². The van der Waals surface area contributed by atoms with Crippen molar-refractivity contribution in [1.29, 1.82) is 0 Å². The van der Waals surface area contributed by atoms with Crippen molar-refractivity contribution in [3.05, 3.63) is 35.4 Å². The number of carboxylic acid groups (broad SMARTS) is 1. The van der Waals surface area contributed by atoms with Gasteiger partial charge < -0.3 is 9.84 Å². The van der Waals surface area contributed by atoms with Crippen molar-refractivity contribution in [3.63, 3.8) is 0 Å². The lowest BCUT2D eigenvalue weighted by Gasteiger charge is -2.10. The van der Waals surface area contributed by atoms with E-state index in [9.17, 15) is 14.4 Å². The Morgan fingerprint density at radius 3 is 2.00 bits per heavy atom. The van der Waals surface area contributed by atoms with E-state index in [0.29, 0.717) is 0 Å². The number of carbonyl (C=O) groups excluding carboxylic acids is 2. The van der Waals surface area contributed by atoms with Gasteiger partial charge in [0.1, 0.15) is 0 Å². The van der Waals surface area contributed by atoms with E-state index < -0.39 is 18.0 Å². The van der Waals surface area contributed by atoms with Crippen molar-refractivity contribution in [2.24, 2.45) is 0 Å². The minimum absolute atomic E-state index is 0.201. The molecule has 0 spiro atoms. The minimum atomic E-state index is -1.13. The average molecular weight is 236 g/mol. The summed E-state index contributed by atoms with van der Waals surface area (Å²) < 4.78 is 4.27. The summed E-state index contributed by atoms with van der Waals surface area (Å²) in [6, 6.07) is 7.44. The van der Waals surface area contributed by atoms with Gasteiger partial charge in [-0.25, -0.2) is 4.79 Å². The molecule has 90 valence electrons. The van der Waals surface area contributed by atoms with Crippen LogP contribution < -0.4 is 0 Å². The average Bonchev–Trinajstić information content (AvgIpc) is 2.29. The van der Waals surface area contributed by atoms with Crippen LogP contribution in [0.25, 0.3) is 0 Å². The summed E-state index contributed by atoms with van der Waals surface area (Å²) in [5.41, 5.74) is 1.70. The Bertz CT molecular complexity index is 435. The second kappa shape index (κ2) is 5.25. The third kappa shape index (κ3) is 3.41. The van der Waals surface area contributed by atoms with E-state index in [-0.39, 0.29) is 5.78 Å².